The lowest BCUT2D eigenvalue weighted by atomic mass is 10.5. The van der Waals surface area contributed by atoms with E-state index in [1.807, 2.05) is 6.07 Å². The summed E-state index contributed by atoms with van der Waals surface area (Å²) in [6.07, 6.45) is 1.71. The van der Waals surface area contributed by atoms with Crippen molar-refractivity contribution in [2.75, 3.05) is 5.32 Å². The molecule has 2 N–H and O–H groups in total. The number of rotatable bonds is 1. The molecule has 0 spiro atoms. The van der Waals surface area contributed by atoms with E-state index in [1.165, 1.54) is 6.92 Å². The van der Waals surface area contributed by atoms with Crippen LogP contribution in [-0.2, 0) is 4.79 Å². The second-order valence-corrected chi connectivity index (χ2v) is 4.15. The van der Waals surface area contributed by atoms with Crippen molar-refractivity contribution >= 4 is 51.6 Å². The number of halogens is 1. The molecule has 0 aromatic carbocycles. The zero-order valence-corrected chi connectivity index (χ0v) is 10.3. The Hall–Kier alpha value is -0.760. The van der Waals surface area contributed by atoms with Crippen LogP contribution in [0.1, 0.15) is 6.92 Å². The molecule has 0 bridgehead atoms. The van der Waals surface area contributed by atoms with E-state index in [0.29, 0.717) is 5.82 Å². The summed E-state index contributed by atoms with van der Waals surface area (Å²) in [4.78, 5) is 14.7. The molecule has 0 saturated heterocycles. The Morgan fingerprint density at radius 1 is 1.57 bits per heavy atom. The highest BCUT2D eigenvalue weighted by atomic mass is 127. The van der Waals surface area contributed by atoms with E-state index in [1.54, 1.807) is 12.3 Å². The normalized spacial score (nSPS) is 9.29. The molecule has 0 fully saturated rings. The fraction of sp³-hybridized carbons (Fsp3) is 0.125. The predicted octanol–water partition coefficient (Wildman–Crippen LogP) is 1.52. The Morgan fingerprint density at radius 2 is 2.29 bits per heavy atom. The SMILES string of the molecule is CC(=O)NC(=S)Nc1ccc(I)cn1. The van der Waals surface area contributed by atoms with Crippen LogP contribution in [-0.4, -0.2) is 16.0 Å². The molecule has 0 atom stereocenters. The average molecular weight is 321 g/mol. The fourth-order valence-electron chi connectivity index (χ4n) is 0.757. The van der Waals surface area contributed by atoms with Crippen LogP contribution in [0, 0.1) is 3.57 Å². The second kappa shape index (κ2) is 5.20. The third-order valence-electron chi connectivity index (χ3n) is 1.26. The van der Waals surface area contributed by atoms with Gasteiger partial charge in [0.05, 0.1) is 0 Å². The smallest absolute Gasteiger partial charge is 0.222 e. The van der Waals surface area contributed by atoms with Gasteiger partial charge in [-0.3, -0.25) is 4.79 Å². The highest BCUT2D eigenvalue weighted by molar-refractivity contribution is 14.1. The van der Waals surface area contributed by atoms with Crippen LogP contribution in [0.15, 0.2) is 18.3 Å². The van der Waals surface area contributed by atoms with Gasteiger partial charge in [-0.05, 0) is 46.9 Å². The van der Waals surface area contributed by atoms with E-state index in [9.17, 15) is 4.79 Å². The van der Waals surface area contributed by atoms with Crippen molar-refractivity contribution in [3.05, 3.63) is 21.9 Å². The number of carbonyl (C=O) groups is 1. The molecule has 0 aliphatic carbocycles. The lowest BCUT2D eigenvalue weighted by molar-refractivity contribution is -0.117. The van der Waals surface area contributed by atoms with Crippen molar-refractivity contribution in [2.24, 2.45) is 0 Å². The maximum absolute atomic E-state index is 10.6. The fourth-order valence-corrected chi connectivity index (χ4v) is 1.32. The van der Waals surface area contributed by atoms with E-state index in [-0.39, 0.29) is 11.0 Å². The van der Waals surface area contributed by atoms with Gasteiger partial charge in [-0.15, -0.1) is 0 Å². The third-order valence-corrected chi connectivity index (χ3v) is 2.10. The summed E-state index contributed by atoms with van der Waals surface area (Å²) in [5.74, 6) is 0.414. The van der Waals surface area contributed by atoms with Crippen LogP contribution in [0.2, 0.25) is 0 Å². The summed E-state index contributed by atoms with van der Waals surface area (Å²) >= 11 is 7.02. The first-order valence-corrected chi connectivity index (χ1v) is 5.27. The number of pyridine rings is 1. The van der Waals surface area contributed by atoms with E-state index >= 15 is 0 Å². The summed E-state index contributed by atoms with van der Waals surface area (Å²) in [7, 11) is 0. The monoisotopic (exact) mass is 321 g/mol. The van der Waals surface area contributed by atoms with E-state index in [2.05, 4.69) is 38.2 Å². The lowest BCUT2D eigenvalue weighted by Crippen LogP contribution is -2.32. The Morgan fingerprint density at radius 3 is 2.79 bits per heavy atom. The van der Waals surface area contributed by atoms with Gasteiger partial charge in [0, 0.05) is 16.7 Å². The Kier molecular flexibility index (Phi) is 4.21. The van der Waals surface area contributed by atoms with E-state index in [4.69, 9.17) is 12.2 Å². The first kappa shape index (κ1) is 11.3. The number of hydrogen-bond acceptors (Lipinski definition) is 3. The summed E-state index contributed by atoms with van der Waals surface area (Å²) in [6.45, 7) is 1.40. The van der Waals surface area contributed by atoms with Crippen molar-refractivity contribution in [2.45, 2.75) is 6.92 Å². The minimum Gasteiger partial charge on any atom is -0.317 e. The molecular formula is C8H8IN3OS. The van der Waals surface area contributed by atoms with Crippen molar-refractivity contribution in [3.8, 4) is 0 Å². The first-order chi connectivity index (χ1) is 6.58. The number of amides is 1. The van der Waals surface area contributed by atoms with Crippen LogP contribution in [0.3, 0.4) is 0 Å². The summed E-state index contributed by atoms with van der Waals surface area (Å²) in [5.41, 5.74) is 0. The van der Waals surface area contributed by atoms with Crippen LogP contribution in [0.4, 0.5) is 5.82 Å². The molecule has 14 heavy (non-hydrogen) atoms. The average Bonchev–Trinajstić information content (AvgIpc) is 2.07. The molecule has 0 unspecified atom stereocenters. The zero-order chi connectivity index (χ0) is 10.6. The molecule has 1 heterocycles. The van der Waals surface area contributed by atoms with Gasteiger partial charge in [-0.1, -0.05) is 0 Å². The molecule has 1 aromatic heterocycles. The molecule has 4 nitrogen and oxygen atoms in total. The van der Waals surface area contributed by atoms with E-state index < -0.39 is 0 Å². The minimum atomic E-state index is -0.201. The lowest BCUT2D eigenvalue weighted by Gasteiger charge is -2.06. The van der Waals surface area contributed by atoms with Crippen LogP contribution in [0.25, 0.3) is 0 Å². The minimum absolute atomic E-state index is 0.201. The van der Waals surface area contributed by atoms with E-state index in [0.717, 1.165) is 3.57 Å². The number of nitrogens with one attached hydrogen (secondary N) is 2. The van der Waals surface area contributed by atoms with Gasteiger partial charge in [-0.2, -0.15) is 0 Å². The van der Waals surface area contributed by atoms with Crippen LogP contribution < -0.4 is 10.6 Å². The highest BCUT2D eigenvalue weighted by Gasteiger charge is 1.99. The van der Waals surface area contributed by atoms with Gasteiger partial charge in [0.2, 0.25) is 5.91 Å². The molecule has 74 valence electrons. The van der Waals surface area contributed by atoms with Crippen molar-refractivity contribution < 1.29 is 4.79 Å². The summed E-state index contributed by atoms with van der Waals surface area (Å²) in [5, 5.41) is 5.49. The van der Waals surface area contributed by atoms with Gasteiger partial charge >= 0.3 is 0 Å². The van der Waals surface area contributed by atoms with Crippen LogP contribution >= 0.6 is 34.8 Å². The molecular weight excluding hydrogens is 313 g/mol. The predicted molar refractivity (Wildman–Crippen MR) is 67.0 cm³/mol. The highest BCUT2D eigenvalue weighted by Crippen LogP contribution is 2.06. The molecule has 1 amide bonds. The van der Waals surface area contributed by atoms with Crippen molar-refractivity contribution in [1.29, 1.82) is 0 Å². The number of nitrogens with zero attached hydrogens (tertiary/aromatic N) is 1. The maximum atomic E-state index is 10.6. The molecule has 0 aliphatic heterocycles. The van der Waals surface area contributed by atoms with Gasteiger partial charge in [0.15, 0.2) is 5.11 Å². The third kappa shape index (κ3) is 3.97. The molecule has 6 heteroatoms. The molecule has 0 aliphatic rings. The topological polar surface area (TPSA) is 54.0 Å². The van der Waals surface area contributed by atoms with Crippen molar-refractivity contribution in [3.63, 3.8) is 0 Å². The number of thiocarbonyl (C=S) groups is 1. The summed E-state index contributed by atoms with van der Waals surface area (Å²) in [6, 6.07) is 3.68. The molecule has 0 radical (unpaired) electrons. The molecule has 1 rings (SSSR count). The van der Waals surface area contributed by atoms with Gasteiger partial charge < -0.3 is 10.6 Å². The Bertz CT molecular complexity index is 352. The Balaban J connectivity index is 2.56. The van der Waals surface area contributed by atoms with Gasteiger partial charge in [-0.25, -0.2) is 4.98 Å². The van der Waals surface area contributed by atoms with Crippen molar-refractivity contribution in [1.82, 2.24) is 10.3 Å². The quantitative estimate of drug-likeness (QED) is 0.608. The van der Waals surface area contributed by atoms with Gasteiger partial charge in [0.1, 0.15) is 5.82 Å². The number of anilines is 1. The van der Waals surface area contributed by atoms with Crippen LogP contribution in [0.5, 0.6) is 0 Å². The van der Waals surface area contributed by atoms with Gasteiger partial charge in [0.25, 0.3) is 0 Å². The second-order valence-electron chi connectivity index (χ2n) is 2.50. The standard InChI is InChI=1S/C8H8IN3OS/c1-5(13)11-8(14)12-7-3-2-6(9)4-10-7/h2-4H,1H3,(H2,10,11,12,13,14). The zero-order valence-electron chi connectivity index (χ0n) is 7.37. The number of hydrogen-bond donors (Lipinski definition) is 2. The largest absolute Gasteiger partial charge is 0.317 e. The maximum Gasteiger partial charge on any atom is 0.222 e. The number of carbonyl (C=O) groups excluding carboxylic acids is 1. The molecule has 1 aromatic rings. The Labute approximate surface area is 101 Å². The molecule has 0 saturated carbocycles. The number of aromatic nitrogens is 1. The summed E-state index contributed by atoms with van der Waals surface area (Å²) < 4.78 is 1.04. The first-order valence-electron chi connectivity index (χ1n) is 3.78.